The molecular formula is C21H12Cl3NO3S2. The fraction of sp³-hybridized carbons (Fsp3) is 0.0476. The third-order valence-corrected chi connectivity index (χ3v) is 6.96. The summed E-state index contributed by atoms with van der Waals surface area (Å²) in [7, 11) is 0. The van der Waals surface area contributed by atoms with Crippen molar-refractivity contribution in [3.8, 4) is 0 Å². The number of hydrogen-bond donors (Lipinski definition) is 0. The van der Waals surface area contributed by atoms with Crippen LogP contribution in [0.3, 0.4) is 0 Å². The first-order chi connectivity index (χ1) is 14.4. The highest BCUT2D eigenvalue weighted by Gasteiger charge is 2.36. The number of carbonyl (C=O) groups is 2. The molecule has 1 fully saturated rings. The molecular weight excluding hydrogens is 485 g/mol. The second kappa shape index (κ2) is 9.12. The molecule has 2 amide bonds. The highest BCUT2D eigenvalue weighted by Crippen LogP contribution is 2.37. The van der Waals surface area contributed by atoms with Gasteiger partial charge < -0.3 is 4.42 Å². The van der Waals surface area contributed by atoms with E-state index >= 15 is 0 Å². The molecule has 4 nitrogen and oxygen atoms in total. The van der Waals surface area contributed by atoms with Crippen LogP contribution in [-0.2, 0) is 11.3 Å². The number of nitrogens with zero attached hydrogens (tertiary/aromatic N) is 1. The molecule has 0 spiro atoms. The van der Waals surface area contributed by atoms with Crippen LogP contribution in [0.4, 0.5) is 4.79 Å². The van der Waals surface area contributed by atoms with Gasteiger partial charge in [0.05, 0.1) is 11.4 Å². The number of furan rings is 1. The molecule has 1 aliphatic rings. The molecule has 4 rings (SSSR count). The minimum atomic E-state index is -0.413. The number of amides is 2. The summed E-state index contributed by atoms with van der Waals surface area (Å²) < 4.78 is 5.77. The molecule has 0 bridgehead atoms. The Hall–Kier alpha value is -1.83. The van der Waals surface area contributed by atoms with E-state index in [1.165, 1.54) is 11.8 Å². The van der Waals surface area contributed by atoms with Crippen LogP contribution in [0, 0.1) is 0 Å². The molecule has 2 aromatic carbocycles. The first-order valence-corrected chi connectivity index (χ1v) is 11.4. The van der Waals surface area contributed by atoms with Gasteiger partial charge in [0.1, 0.15) is 5.76 Å². The number of benzene rings is 2. The molecule has 3 aromatic rings. The van der Waals surface area contributed by atoms with Gasteiger partial charge in [-0.25, -0.2) is 0 Å². The van der Waals surface area contributed by atoms with Crippen molar-refractivity contribution in [2.45, 2.75) is 16.5 Å². The summed E-state index contributed by atoms with van der Waals surface area (Å²) in [4.78, 5) is 27.5. The van der Waals surface area contributed by atoms with Crippen molar-refractivity contribution in [2.75, 3.05) is 0 Å². The van der Waals surface area contributed by atoms with Crippen LogP contribution in [0.5, 0.6) is 0 Å². The standard InChI is InChI=1S/C21H12Cl3NO3S2/c22-12-4-7-14(8-5-12)29-19-9-6-13(28-19)10-18-20(26)25(21(27)30-18)11-15-16(23)2-1-3-17(15)24/h1-10H,11H2/b18-10-. The third kappa shape index (κ3) is 4.74. The largest absolute Gasteiger partial charge is 0.450 e. The Morgan fingerprint density at radius 2 is 1.67 bits per heavy atom. The van der Waals surface area contributed by atoms with Crippen molar-refractivity contribution in [1.29, 1.82) is 0 Å². The van der Waals surface area contributed by atoms with Gasteiger partial charge in [-0.3, -0.25) is 14.5 Å². The molecule has 0 N–H and O–H groups in total. The topological polar surface area (TPSA) is 50.5 Å². The molecule has 2 heterocycles. The van der Waals surface area contributed by atoms with Gasteiger partial charge in [0.15, 0.2) is 5.09 Å². The average Bonchev–Trinajstić information content (AvgIpc) is 3.25. The normalized spacial score (nSPS) is 15.4. The lowest BCUT2D eigenvalue weighted by Crippen LogP contribution is -2.27. The Morgan fingerprint density at radius 3 is 2.37 bits per heavy atom. The quantitative estimate of drug-likeness (QED) is 0.340. The first kappa shape index (κ1) is 21.4. The van der Waals surface area contributed by atoms with Crippen LogP contribution < -0.4 is 0 Å². The molecule has 0 unspecified atom stereocenters. The van der Waals surface area contributed by atoms with Gasteiger partial charge in [0.25, 0.3) is 11.1 Å². The fourth-order valence-electron chi connectivity index (χ4n) is 2.69. The van der Waals surface area contributed by atoms with Gasteiger partial charge in [-0.05, 0) is 60.3 Å². The molecule has 0 saturated carbocycles. The summed E-state index contributed by atoms with van der Waals surface area (Å²) in [6.07, 6.45) is 1.56. The van der Waals surface area contributed by atoms with Crippen LogP contribution in [0.2, 0.25) is 15.1 Å². The molecule has 0 atom stereocenters. The summed E-state index contributed by atoms with van der Waals surface area (Å²) in [5.41, 5.74) is 0.532. The van der Waals surface area contributed by atoms with E-state index < -0.39 is 5.91 Å². The van der Waals surface area contributed by atoms with Gasteiger partial charge >= 0.3 is 0 Å². The second-order valence-corrected chi connectivity index (χ2v) is 9.50. The number of hydrogen-bond acceptors (Lipinski definition) is 5. The van der Waals surface area contributed by atoms with Crippen LogP contribution in [-0.4, -0.2) is 16.0 Å². The van der Waals surface area contributed by atoms with Gasteiger partial charge in [-0.15, -0.1) is 0 Å². The van der Waals surface area contributed by atoms with E-state index in [2.05, 4.69) is 0 Å². The Kier molecular flexibility index (Phi) is 6.51. The molecule has 1 aromatic heterocycles. The minimum absolute atomic E-state index is 0.0103. The Morgan fingerprint density at radius 1 is 0.967 bits per heavy atom. The van der Waals surface area contributed by atoms with Gasteiger partial charge in [0, 0.05) is 31.6 Å². The zero-order valence-electron chi connectivity index (χ0n) is 15.1. The molecule has 0 radical (unpaired) electrons. The summed E-state index contributed by atoms with van der Waals surface area (Å²) in [5, 5.41) is 1.74. The summed E-state index contributed by atoms with van der Waals surface area (Å²) in [6, 6.07) is 16.0. The van der Waals surface area contributed by atoms with E-state index in [1.807, 2.05) is 12.1 Å². The van der Waals surface area contributed by atoms with Crippen molar-refractivity contribution in [3.63, 3.8) is 0 Å². The molecule has 9 heteroatoms. The maximum absolute atomic E-state index is 12.7. The van der Waals surface area contributed by atoms with Gasteiger partial charge in [-0.1, -0.05) is 52.6 Å². The van der Waals surface area contributed by atoms with Crippen molar-refractivity contribution in [2.24, 2.45) is 0 Å². The highest BCUT2D eigenvalue weighted by molar-refractivity contribution is 8.18. The van der Waals surface area contributed by atoms with E-state index in [9.17, 15) is 9.59 Å². The minimum Gasteiger partial charge on any atom is -0.450 e. The SMILES string of the molecule is O=C1S/C(=C\c2ccc(Sc3ccc(Cl)cc3)o2)C(=O)N1Cc1c(Cl)cccc1Cl. The predicted octanol–water partition coefficient (Wildman–Crippen LogP) is 7.63. The smallest absolute Gasteiger partial charge is 0.293 e. The van der Waals surface area contributed by atoms with Crippen molar-refractivity contribution in [1.82, 2.24) is 4.90 Å². The summed E-state index contributed by atoms with van der Waals surface area (Å²) in [5.74, 6) is 0.0667. The van der Waals surface area contributed by atoms with Crippen LogP contribution >= 0.6 is 58.3 Å². The second-order valence-electron chi connectivity index (χ2n) is 6.18. The van der Waals surface area contributed by atoms with E-state index in [0.29, 0.717) is 31.5 Å². The molecule has 1 aliphatic heterocycles. The number of imide groups is 1. The van der Waals surface area contributed by atoms with E-state index in [1.54, 1.807) is 48.5 Å². The zero-order chi connectivity index (χ0) is 21.3. The Bertz CT molecular complexity index is 1140. The third-order valence-electron chi connectivity index (χ3n) is 4.16. The van der Waals surface area contributed by atoms with E-state index in [0.717, 1.165) is 21.6 Å². The maximum Gasteiger partial charge on any atom is 0.293 e. The Labute approximate surface area is 196 Å². The van der Waals surface area contributed by atoms with Crippen molar-refractivity contribution >= 4 is 75.5 Å². The summed E-state index contributed by atoms with van der Waals surface area (Å²) >= 11 is 20.5. The summed E-state index contributed by atoms with van der Waals surface area (Å²) in [6.45, 7) is 0.0103. The molecule has 152 valence electrons. The molecule has 0 aliphatic carbocycles. The fourth-order valence-corrected chi connectivity index (χ4v) is 4.93. The number of halogens is 3. The van der Waals surface area contributed by atoms with Crippen molar-refractivity contribution in [3.05, 3.63) is 85.9 Å². The van der Waals surface area contributed by atoms with Crippen LogP contribution in [0.15, 0.2) is 73.9 Å². The zero-order valence-corrected chi connectivity index (χ0v) is 19.0. The van der Waals surface area contributed by atoms with Gasteiger partial charge in [-0.2, -0.15) is 0 Å². The number of thioether (sulfide) groups is 1. The molecule has 30 heavy (non-hydrogen) atoms. The maximum atomic E-state index is 12.7. The number of carbonyl (C=O) groups excluding carboxylic acids is 2. The van der Waals surface area contributed by atoms with Crippen LogP contribution in [0.25, 0.3) is 6.08 Å². The van der Waals surface area contributed by atoms with E-state index in [-0.39, 0.29) is 16.7 Å². The molecule has 1 saturated heterocycles. The van der Waals surface area contributed by atoms with E-state index in [4.69, 9.17) is 39.2 Å². The van der Waals surface area contributed by atoms with Crippen molar-refractivity contribution < 1.29 is 14.0 Å². The predicted molar refractivity (Wildman–Crippen MR) is 122 cm³/mol. The highest BCUT2D eigenvalue weighted by atomic mass is 35.5. The first-order valence-electron chi connectivity index (χ1n) is 8.62. The Balaban J connectivity index is 1.49. The van der Waals surface area contributed by atoms with Gasteiger partial charge in [0.2, 0.25) is 0 Å². The lowest BCUT2D eigenvalue weighted by molar-refractivity contribution is -0.123. The lowest BCUT2D eigenvalue weighted by atomic mass is 10.2. The lowest BCUT2D eigenvalue weighted by Gasteiger charge is -2.14. The van der Waals surface area contributed by atoms with Crippen LogP contribution in [0.1, 0.15) is 11.3 Å². The average molecular weight is 497 g/mol. The number of rotatable bonds is 5. The monoisotopic (exact) mass is 495 g/mol.